The largest absolute Gasteiger partial charge is 0.377 e. The van der Waals surface area contributed by atoms with Crippen molar-refractivity contribution in [3.8, 4) is 12.3 Å². The van der Waals surface area contributed by atoms with E-state index in [4.69, 9.17) is 10.9 Å². The molecule has 1 aromatic rings. The molecule has 4 aliphatic carbocycles. The van der Waals surface area contributed by atoms with Crippen molar-refractivity contribution in [1.29, 1.82) is 0 Å². The van der Waals surface area contributed by atoms with Crippen LogP contribution in [0.2, 0.25) is 0 Å². The Kier molecular flexibility index (Phi) is 3.01. The first kappa shape index (κ1) is 15.7. The first-order chi connectivity index (χ1) is 11.9. The standard InChI is InChI=1S/C22H27NO2/c1-4-22(24)10-8-18-16-6-5-15-11-19-14(13-23-25-19)12-20(15,2)17(16)7-9-21(18,22)3/h1,11,13,16-18,24H,5-10,12H2,2-3H3/t16?,17?,18?,20-,21-,22-/m1/s1. The van der Waals surface area contributed by atoms with Crippen LogP contribution in [0.5, 0.6) is 0 Å². The van der Waals surface area contributed by atoms with Crippen LogP contribution in [0.1, 0.15) is 63.7 Å². The summed E-state index contributed by atoms with van der Waals surface area (Å²) in [5.41, 5.74) is 1.99. The van der Waals surface area contributed by atoms with Crippen LogP contribution in [-0.4, -0.2) is 15.9 Å². The van der Waals surface area contributed by atoms with Crippen molar-refractivity contribution in [3.05, 3.63) is 23.1 Å². The van der Waals surface area contributed by atoms with Gasteiger partial charge in [-0.15, -0.1) is 6.42 Å². The van der Waals surface area contributed by atoms with Gasteiger partial charge in [-0.2, -0.15) is 0 Å². The molecule has 1 heterocycles. The van der Waals surface area contributed by atoms with E-state index in [9.17, 15) is 5.11 Å². The normalized spacial score (nSPS) is 47.8. The molecule has 0 aliphatic heterocycles. The fourth-order valence-electron chi connectivity index (χ4n) is 7.14. The average molecular weight is 337 g/mol. The van der Waals surface area contributed by atoms with Crippen molar-refractivity contribution in [2.75, 3.05) is 0 Å². The molecular formula is C22H27NO2. The summed E-state index contributed by atoms with van der Waals surface area (Å²) in [7, 11) is 0. The van der Waals surface area contributed by atoms with Crippen LogP contribution >= 0.6 is 0 Å². The number of terminal acetylenes is 1. The molecule has 3 fully saturated rings. The summed E-state index contributed by atoms with van der Waals surface area (Å²) in [4.78, 5) is 0. The minimum Gasteiger partial charge on any atom is -0.377 e. The number of allylic oxidation sites excluding steroid dienone is 1. The monoisotopic (exact) mass is 337 g/mol. The number of aliphatic hydroxyl groups is 1. The third-order valence-electron chi connectivity index (χ3n) is 8.67. The second-order valence-electron chi connectivity index (χ2n) is 9.39. The summed E-state index contributed by atoms with van der Waals surface area (Å²) in [5.74, 6) is 5.64. The van der Waals surface area contributed by atoms with Crippen molar-refractivity contribution < 1.29 is 9.63 Å². The van der Waals surface area contributed by atoms with Gasteiger partial charge in [0.2, 0.25) is 0 Å². The van der Waals surface area contributed by atoms with E-state index in [2.05, 4.69) is 31.0 Å². The lowest BCUT2D eigenvalue weighted by atomic mass is 9.46. The Balaban J connectivity index is 1.53. The van der Waals surface area contributed by atoms with Gasteiger partial charge in [-0.1, -0.05) is 30.5 Å². The van der Waals surface area contributed by atoms with Crippen LogP contribution in [0.25, 0.3) is 6.08 Å². The second-order valence-corrected chi connectivity index (χ2v) is 9.39. The van der Waals surface area contributed by atoms with E-state index >= 15 is 0 Å². The summed E-state index contributed by atoms with van der Waals surface area (Å²) < 4.78 is 5.43. The van der Waals surface area contributed by atoms with Gasteiger partial charge in [-0.05, 0) is 74.2 Å². The van der Waals surface area contributed by atoms with Crippen molar-refractivity contribution in [2.24, 2.45) is 28.6 Å². The Labute approximate surface area is 149 Å². The van der Waals surface area contributed by atoms with Crippen LogP contribution in [0, 0.1) is 40.9 Å². The van der Waals surface area contributed by atoms with Crippen LogP contribution in [0.15, 0.2) is 16.3 Å². The van der Waals surface area contributed by atoms with Crippen LogP contribution in [-0.2, 0) is 6.42 Å². The Morgan fingerprint density at radius 2 is 2.04 bits per heavy atom. The fraction of sp³-hybridized carbons (Fsp3) is 0.682. The maximum Gasteiger partial charge on any atom is 0.162 e. The maximum atomic E-state index is 11.1. The van der Waals surface area contributed by atoms with Crippen molar-refractivity contribution in [3.63, 3.8) is 0 Å². The SMILES string of the molecule is C#C[C@@]1(O)CCC2C3CCC4=Cc5oncc5C[C@@]4(C)C3CC[C@]21C. The summed E-state index contributed by atoms with van der Waals surface area (Å²) in [6.45, 7) is 4.71. The fourth-order valence-corrected chi connectivity index (χ4v) is 7.14. The van der Waals surface area contributed by atoms with E-state index < -0.39 is 5.60 Å². The highest BCUT2D eigenvalue weighted by atomic mass is 16.5. The Morgan fingerprint density at radius 3 is 2.84 bits per heavy atom. The van der Waals surface area contributed by atoms with Gasteiger partial charge in [0.15, 0.2) is 5.76 Å². The Morgan fingerprint density at radius 1 is 1.24 bits per heavy atom. The molecule has 0 saturated heterocycles. The minimum absolute atomic E-state index is 0.114. The summed E-state index contributed by atoms with van der Waals surface area (Å²) >= 11 is 0. The second kappa shape index (κ2) is 4.80. The highest BCUT2D eigenvalue weighted by Crippen LogP contribution is 2.67. The number of rotatable bonds is 0. The maximum absolute atomic E-state index is 11.1. The van der Waals surface area contributed by atoms with Crippen LogP contribution in [0.4, 0.5) is 0 Å². The van der Waals surface area contributed by atoms with E-state index in [1.54, 1.807) is 5.57 Å². The average Bonchev–Trinajstić information content (AvgIpc) is 3.14. The number of hydrogen-bond acceptors (Lipinski definition) is 3. The van der Waals surface area contributed by atoms with Gasteiger partial charge in [-0.25, -0.2) is 0 Å². The van der Waals surface area contributed by atoms with E-state index in [0.717, 1.165) is 44.3 Å². The molecule has 0 aromatic carbocycles. The predicted octanol–water partition coefficient (Wildman–Crippen LogP) is 4.22. The molecule has 3 unspecified atom stereocenters. The van der Waals surface area contributed by atoms with Gasteiger partial charge < -0.3 is 9.63 Å². The number of fused-ring (bicyclic) bond motifs is 6. The zero-order chi connectivity index (χ0) is 17.4. The predicted molar refractivity (Wildman–Crippen MR) is 96.4 cm³/mol. The molecule has 0 bridgehead atoms. The van der Waals surface area contributed by atoms with Crippen LogP contribution < -0.4 is 0 Å². The van der Waals surface area contributed by atoms with Crippen molar-refractivity contribution in [1.82, 2.24) is 5.16 Å². The summed E-state index contributed by atoms with van der Waals surface area (Å²) in [5, 5.41) is 15.1. The molecule has 25 heavy (non-hydrogen) atoms. The van der Waals surface area contributed by atoms with Crippen LogP contribution in [0.3, 0.4) is 0 Å². The number of aromatic nitrogens is 1. The molecule has 3 heteroatoms. The minimum atomic E-state index is -0.909. The lowest BCUT2D eigenvalue weighted by molar-refractivity contribution is -0.0975. The zero-order valence-electron chi connectivity index (χ0n) is 15.2. The zero-order valence-corrected chi connectivity index (χ0v) is 15.2. The molecule has 6 atom stereocenters. The molecule has 3 nitrogen and oxygen atoms in total. The van der Waals surface area contributed by atoms with Gasteiger partial charge in [0.1, 0.15) is 5.60 Å². The molecule has 0 radical (unpaired) electrons. The van der Waals surface area contributed by atoms with E-state index in [1.807, 2.05) is 6.20 Å². The highest BCUT2D eigenvalue weighted by molar-refractivity contribution is 5.57. The van der Waals surface area contributed by atoms with E-state index in [0.29, 0.717) is 17.8 Å². The van der Waals surface area contributed by atoms with E-state index in [-0.39, 0.29) is 10.8 Å². The van der Waals surface area contributed by atoms with E-state index in [1.165, 1.54) is 12.0 Å². The summed E-state index contributed by atoms with van der Waals surface area (Å²) in [6.07, 6.45) is 17.4. The molecule has 5 rings (SSSR count). The first-order valence-electron chi connectivity index (χ1n) is 9.76. The smallest absolute Gasteiger partial charge is 0.162 e. The molecule has 132 valence electrons. The number of hydrogen-bond donors (Lipinski definition) is 1. The van der Waals surface area contributed by atoms with Gasteiger partial charge in [0.05, 0.1) is 6.20 Å². The molecule has 3 saturated carbocycles. The van der Waals surface area contributed by atoms with Crippen molar-refractivity contribution in [2.45, 2.75) is 64.4 Å². The Bertz CT molecular complexity index is 801. The topological polar surface area (TPSA) is 46.3 Å². The molecule has 1 N–H and O–H groups in total. The molecule has 1 aromatic heterocycles. The lowest BCUT2D eigenvalue weighted by Crippen LogP contribution is -2.54. The lowest BCUT2D eigenvalue weighted by Gasteiger charge is -2.58. The molecule has 0 spiro atoms. The first-order valence-corrected chi connectivity index (χ1v) is 9.76. The molecule has 4 aliphatic rings. The molecular weight excluding hydrogens is 310 g/mol. The third kappa shape index (κ3) is 1.79. The highest BCUT2D eigenvalue weighted by Gasteiger charge is 2.63. The van der Waals surface area contributed by atoms with Gasteiger partial charge in [-0.3, -0.25) is 0 Å². The summed E-state index contributed by atoms with van der Waals surface area (Å²) in [6, 6.07) is 0. The number of nitrogens with zero attached hydrogens (tertiary/aromatic N) is 1. The van der Waals surface area contributed by atoms with Gasteiger partial charge >= 0.3 is 0 Å². The molecule has 0 amide bonds. The third-order valence-corrected chi connectivity index (χ3v) is 8.67. The van der Waals surface area contributed by atoms with Gasteiger partial charge in [0, 0.05) is 11.0 Å². The quantitative estimate of drug-likeness (QED) is 0.721. The van der Waals surface area contributed by atoms with Gasteiger partial charge in [0.25, 0.3) is 0 Å². The Hall–Kier alpha value is -1.53. The van der Waals surface area contributed by atoms with Crippen molar-refractivity contribution >= 4 is 6.08 Å².